The highest BCUT2D eigenvalue weighted by Crippen LogP contribution is 2.25. The first-order valence-electron chi connectivity index (χ1n) is 9.35. The topological polar surface area (TPSA) is 105 Å². The first-order chi connectivity index (χ1) is 14.1. The number of methoxy groups -OCH3 is 1. The fourth-order valence-corrected chi connectivity index (χ4v) is 3.77. The Bertz CT molecular complexity index is 1020. The minimum absolute atomic E-state index is 0.277. The number of hydrogen-bond acceptors (Lipinski definition) is 5. The van der Waals surface area contributed by atoms with Gasteiger partial charge < -0.3 is 15.4 Å². The molecule has 0 atom stereocenters. The summed E-state index contributed by atoms with van der Waals surface area (Å²) in [5.74, 6) is -0.920. The Morgan fingerprint density at radius 1 is 1.07 bits per heavy atom. The van der Waals surface area contributed by atoms with Gasteiger partial charge in [0.25, 0.3) is 5.91 Å². The molecule has 162 valence electrons. The van der Waals surface area contributed by atoms with Gasteiger partial charge in [0.1, 0.15) is 6.54 Å². The summed E-state index contributed by atoms with van der Waals surface area (Å²) in [5, 5.41) is 5.35. The summed E-state index contributed by atoms with van der Waals surface area (Å²) in [7, 11) is -2.18. The van der Waals surface area contributed by atoms with E-state index in [1.165, 1.54) is 7.11 Å². The monoisotopic (exact) mass is 433 g/mol. The van der Waals surface area contributed by atoms with Crippen molar-refractivity contribution in [2.75, 3.05) is 42.7 Å². The van der Waals surface area contributed by atoms with Crippen molar-refractivity contribution in [3.05, 3.63) is 59.2 Å². The first kappa shape index (κ1) is 23.4. The molecule has 0 aromatic heterocycles. The largest absolute Gasteiger partial charge is 0.383 e. The Kier molecular flexibility index (Phi) is 7.96. The van der Waals surface area contributed by atoms with Crippen LogP contribution in [0.25, 0.3) is 0 Å². The number of nitrogens with one attached hydrogen (secondary N) is 2. The molecule has 8 nitrogen and oxygen atoms in total. The summed E-state index contributed by atoms with van der Waals surface area (Å²) in [6, 6.07) is 11.8. The van der Waals surface area contributed by atoms with Gasteiger partial charge in [-0.05, 0) is 43.2 Å². The average molecular weight is 434 g/mol. The minimum atomic E-state index is -3.71. The van der Waals surface area contributed by atoms with Crippen molar-refractivity contribution in [3.8, 4) is 0 Å². The number of amides is 2. The molecule has 0 unspecified atom stereocenters. The summed E-state index contributed by atoms with van der Waals surface area (Å²) in [5.41, 5.74) is 2.71. The molecule has 0 spiro atoms. The number of ether oxygens (including phenoxy) is 1. The number of sulfonamides is 1. The van der Waals surface area contributed by atoms with Gasteiger partial charge >= 0.3 is 0 Å². The zero-order valence-electron chi connectivity index (χ0n) is 17.6. The van der Waals surface area contributed by atoms with Crippen molar-refractivity contribution in [1.82, 2.24) is 5.32 Å². The van der Waals surface area contributed by atoms with E-state index >= 15 is 0 Å². The van der Waals surface area contributed by atoms with Crippen LogP contribution in [0, 0.1) is 13.8 Å². The Labute approximate surface area is 177 Å². The number of benzene rings is 2. The van der Waals surface area contributed by atoms with Crippen molar-refractivity contribution in [3.63, 3.8) is 0 Å². The fourth-order valence-electron chi connectivity index (χ4n) is 2.86. The molecule has 0 saturated carbocycles. The summed E-state index contributed by atoms with van der Waals surface area (Å²) < 4.78 is 30.7. The zero-order chi connectivity index (χ0) is 22.3. The van der Waals surface area contributed by atoms with Gasteiger partial charge in [-0.1, -0.05) is 24.3 Å². The summed E-state index contributed by atoms with van der Waals surface area (Å²) in [4.78, 5) is 25.1. The molecule has 2 aromatic rings. The lowest BCUT2D eigenvalue weighted by molar-refractivity contribution is -0.114. The number of nitrogens with zero attached hydrogens (tertiary/aromatic N) is 1. The Morgan fingerprint density at radius 2 is 1.77 bits per heavy atom. The summed E-state index contributed by atoms with van der Waals surface area (Å²) in [6.45, 7) is 3.95. The van der Waals surface area contributed by atoms with Crippen LogP contribution >= 0.6 is 0 Å². The van der Waals surface area contributed by atoms with Gasteiger partial charge in [-0.25, -0.2) is 8.42 Å². The predicted octanol–water partition coefficient (Wildman–Crippen LogP) is 2.08. The molecule has 9 heteroatoms. The van der Waals surface area contributed by atoms with E-state index in [0.29, 0.717) is 24.5 Å². The van der Waals surface area contributed by atoms with Gasteiger partial charge in [0.15, 0.2) is 0 Å². The molecule has 0 fully saturated rings. The molecule has 0 bridgehead atoms. The Morgan fingerprint density at radius 3 is 2.43 bits per heavy atom. The lowest BCUT2D eigenvalue weighted by Gasteiger charge is -2.24. The lowest BCUT2D eigenvalue weighted by Crippen LogP contribution is -2.38. The van der Waals surface area contributed by atoms with Crippen molar-refractivity contribution in [2.24, 2.45) is 0 Å². The van der Waals surface area contributed by atoms with Crippen LogP contribution in [0.15, 0.2) is 42.5 Å². The average Bonchev–Trinajstić information content (AvgIpc) is 2.68. The molecular weight excluding hydrogens is 406 g/mol. The van der Waals surface area contributed by atoms with Crippen LogP contribution in [0.5, 0.6) is 0 Å². The van der Waals surface area contributed by atoms with Crippen LogP contribution in [0.4, 0.5) is 11.4 Å². The molecular formula is C21H27N3O5S. The molecule has 2 aromatic carbocycles. The highest BCUT2D eigenvalue weighted by atomic mass is 32.2. The highest BCUT2D eigenvalue weighted by Gasteiger charge is 2.23. The van der Waals surface area contributed by atoms with Gasteiger partial charge in [-0.2, -0.15) is 0 Å². The van der Waals surface area contributed by atoms with E-state index in [4.69, 9.17) is 4.74 Å². The number of anilines is 2. The third-order valence-corrected chi connectivity index (χ3v) is 5.70. The van der Waals surface area contributed by atoms with E-state index in [0.717, 1.165) is 21.7 Å². The van der Waals surface area contributed by atoms with Crippen LogP contribution in [-0.2, 0) is 19.6 Å². The summed E-state index contributed by atoms with van der Waals surface area (Å²) >= 11 is 0. The van der Waals surface area contributed by atoms with Crippen molar-refractivity contribution >= 4 is 33.2 Å². The SMILES string of the molecule is COCCNC(=O)c1ccccc1NC(=O)CN(c1cccc(C)c1C)S(C)(=O)=O. The van der Waals surface area contributed by atoms with Gasteiger partial charge in [-0.15, -0.1) is 0 Å². The van der Waals surface area contributed by atoms with Crippen LogP contribution in [-0.4, -0.2) is 53.3 Å². The molecule has 0 aliphatic heterocycles. The molecule has 0 aliphatic carbocycles. The molecule has 0 radical (unpaired) electrons. The number of carbonyl (C=O) groups is 2. The predicted molar refractivity (Wildman–Crippen MR) is 117 cm³/mol. The smallest absolute Gasteiger partial charge is 0.253 e. The van der Waals surface area contributed by atoms with E-state index in [1.54, 1.807) is 43.3 Å². The zero-order valence-corrected chi connectivity index (χ0v) is 18.4. The maximum absolute atomic E-state index is 12.7. The fraction of sp³-hybridized carbons (Fsp3) is 0.333. The van der Waals surface area contributed by atoms with E-state index in [2.05, 4.69) is 10.6 Å². The molecule has 2 N–H and O–H groups in total. The van der Waals surface area contributed by atoms with E-state index in [1.807, 2.05) is 13.0 Å². The second-order valence-electron chi connectivity index (χ2n) is 6.83. The maximum Gasteiger partial charge on any atom is 0.253 e. The molecule has 2 amide bonds. The lowest BCUT2D eigenvalue weighted by atomic mass is 10.1. The third kappa shape index (κ3) is 6.04. The van der Waals surface area contributed by atoms with E-state index < -0.39 is 22.5 Å². The van der Waals surface area contributed by atoms with Crippen molar-refractivity contribution in [2.45, 2.75) is 13.8 Å². The Balaban J connectivity index is 2.23. The first-order valence-corrected chi connectivity index (χ1v) is 11.2. The van der Waals surface area contributed by atoms with Gasteiger partial charge in [0, 0.05) is 13.7 Å². The number of para-hydroxylation sites is 1. The van der Waals surface area contributed by atoms with Crippen LogP contribution < -0.4 is 14.9 Å². The standard InChI is InChI=1S/C21H27N3O5S/c1-15-8-7-11-19(16(15)2)24(30(4,27)28)14-20(25)23-18-10-6-5-9-17(18)21(26)22-12-13-29-3/h5-11H,12-14H2,1-4H3,(H,22,26)(H,23,25). The summed E-state index contributed by atoms with van der Waals surface area (Å²) in [6.07, 6.45) is 1.05. The van der Waals surface area contributed by atoms with Crippen LogP contribution in [0.3, 0.4) is 0 Å². The second-order valence-corrected chi connectivity index (χ2v) is 8.74. The molecule has 0 heterocycles. The number of hydrogen-bond donors (Lipinski definition) is 2. The normalized spacial score (nSPS) is 11.1. The molecule has 30 heavy (non-hydrogen) atoms. The van der Waals surface area contributed by atoms with E-state index in [9.17, 15) is 18.0 Å². The number of aryl methyl sites for hydroxylation is 1. The third-order valence-electron chi connectivity index (χ3n) is 4.57. The number of carbonyl (C=O) groups excluding carboxylic acids is 2. The van der Waals surface area contributed by atoms with Gasteiger partial charge in [-0.3, -0.25) is 13.9 Å². The van der Waals surface area contributed by atoms with Gasteiger partial charge in [0.05, 0.1) is 29.8 Å². The highest BCUT2D eigenvalue weighted by molar-refractivity contribution is 7.92. The molecule has 0 saturated heterocycles. The van der Waals surface area contributed by atoms with Crippen LogP contribution in [0.1, 0.15) is 21.5 Å². The molecule has 2 rings (SSSR count). The maximum atomic E-state index is 12.7. The van der Waals surface area contributed by atoms with Gasteiger partial charge in [0.2, 0.25) is 15.9 Å². The van der Waals surface area contributed by atoms with E-state index in [-0.39, 0.29) is 11.5 Å². The molecule has 0 aliphatic rings. The van der Waals surface area contributed by atoms with Crippen LogP contribution in [0.2, 0.25) is 0 Å². The van der Waals surface area contributed by atoms with Crippen molar-refractivity contribution in [1.29, 1.82) is 0 Å². The van der Waals surface area contributed by atoms with Crippen molar-refractivity contribution < 1.29 is 22.7 Å². The second kappa shape index (κ2) is 10.2. The number of rotatable bonds is 9. The Hall–Kier alpha value is -2.91. The quantitative estimate of drug-likeness (QED) is 0.589. The minimum Gasteiger partial charge on any atom is -0.383 e.